The maximum atomic E-state index is 10.7. The van der Waals surface area contributed by atoms with Gasteiger partial charge < -0.3 is 8.98 Å². The van der Waals surface area contributed by atoms with Gasteiger partial charge in [0.05, 0.1) is 0 Å². The summed E-state index contributed by atoms with van der Waals surface area (Å²) in [5.74, 6) is 0. The van der Waals surface area contributed by atoms with Crippen LogP contribution >= 0.6 is 0 Å². The summed E-state index contributed by atoms with van der Waals surface area (Å²) in [6.45, 7) is 8.82. The Morgan fingerprint density at radius 1 is 1.18 bits per heavy atom. The predicted octanol–water partition coefficient (Wildman–Crippen LogP) is 2.79. The zero-order chi connectivity index (χ0) is 17.6. The number of rotatable bonds is 4. The third-order valence-electron chi connectivity index (χ3n) is 2.19. The van der Waals surface area contributed by atoms with Gasteiger partial charge in [-0.1, -0.05) is 13.0 Å². The molecule has 0 saturated carbocycles. The lowest BCUT2D eigenvalue weighted by Crippen LogP contribution is -2.44. The topological polar surface area (TPSA) is 70.3 Å². The first-order valence-corrected chi connectivity index (χ1v) is 11.3. The van der Waals surface area contributed by atoms with Gasteiger partial charge in [0.2, 0.25) is 0 Å². The lowest BCUT2D eigenvalue weighted by molar-refractivity contribution is -0.755. The smallest absolute Gasteiger partial charge is 0.485 e. The lowest BCUT2D eigenvalue weighted by atomic mass is 10.4. The van der Waals surface area contributed by atoms with Gasteiger partial charge in [0, 0.05) is 18.6 Å². The van der Waals surface area contributed by atoms with E-state index in [4.69, 9.17) is 17.4 Å². The number of nitrogens with zero attached hydrogens (tertiary/aromatic N) is 1. The van der Waals surface area contributed by atoms with E-state index in [0.717, 1.165) is 6.42 Å². The van der Waals surface area contributed by atoms with Gasteiger partial charge in [0.1, 0.15) is 0 Å². The number of pyridine rings is 1. The molecule has 10 heteroatoms. The third kappa shape index (κ3) is 8.46. The fraction of sp³-hybridized carbons (Fsp3) is 0.583. The molecule has 1 aromatic rings. The normalized spacial score (nSPS) is 14.0. The lowest BCUT2D eigenvalue weighted by Gasteiger charge is -2.21. The van der Waals surface area contributed by atoms with Crippen molar-refractivity contribution in [3.63, 3.8) is 0 Å². The van der Waals surface area contributed by atoms with Crippen LogP contribution in [0.5, 0.6) is 0 Å². The Morgan fingerprint density at radius 2 is 1.59 bits per heavy atom. The third-order valence-corrected chi connectivity index (χ3v) is 3.74. The summed E-state index contributed by atoms with van der Waals surface area (Å²) in [6.07, 6.45) is 5.34. The zero-order valence-corrected chi connectivity index (χ0v) is 14.6. The molecular formula is C12H20F3NO4SSi. The molecule has 22 heavy (non-hydrogen) atoms. The quantitative estimate of drug-likeness (QED) is 0.359. The maximum absolute atomic E-state index is 10.7. The molecule has 0 aliphatic carbocycles. The summed E-state index contributed by atoms with van der Waals surface area (Å²) >= 11 is 0. The van der Waals surface area contributed by atoms with Crippen molar-refractivity contribution in [3.8, 4) is 0 Å². The number of hydrogen-bond acceptors (Lipinski definition) is 4. The van der Waals surface area contributed by atoms with Gasteiger partial charge in [0.15, 0.2) is 30.8 Å². The fourth-order valence-electron chi connectivity index (χ4n) is 1.37. The van der Waals surface area contributed by atoms with Crippen LogP contribution in [-0.2, 0) is 14.5 Å². The number of aromatic nitrogens is 1. The summed E-state index contributed by atoms with van der Waals surface area (Å²) in [7, 11) is -7.54. The van der Waals surface area contributed by atoms with Crippen molar-refractivity contribution in [3.05, 3.63) is 30.6 Å². The van der Waals surface area contributed by atoms with E-state index in [1.165, 1.54) is 0 Å². The van der Waals surface area contributed by atoms with Crippen molar-refractivity contribution in [2.75, 3.05) is 0 Å². The van der Waals surface area contributed by atoms with Crippen molar-refractivity contribution >= 4 is 18.4 Å². The van der Waals surface area contributed by atoms with Crippen LogP contribution in [0.3, 0.4) is 0 Å². The highest BCUT2D eigenvalue weighted by molar-refractivity contribution is 7.86. The van der Waals surface area contributed by atoms with Crippen LogP contribution in [0.1, 0.15) is 19.6 Å². The molecular weight excluding hydrogens is 339 g/mol. The van der Waals surface area contributed by atoms with Gasteiger partial charge in [0.25, 0.3) is 6.23 Å². The second-order valence-corrected chi connectivity index (χ2v) is 11.1. The van der Waals surface area contributed by atoms with Gasteiger partial charge in [-0.2, -0.15) is 17.7 Å². The summed E-state index contributed by atoms with van der Waals surface area (Å²) in [5.41, 5.74) is -5.65. The molecule has 1 atom stereocenters. The van der Waals surface area contributed by atoms with Crippen LogP contribution in [-0.4, -0.2) is 26.8 Å². The molecule has 0 aromatic carbocycles. The first-order chi connectivity index (χ1) is 9.78. The van der Waals surface area contributed by atoms with Crippen molar-refractivity contribution < 1.29 is 35.1 Å². The number of halogens is 3. The maximum Gasteiger partial charge on any atom is 0.485 e. The van der Waals surface area contributed by atoms with E-state index in [9.17, 15) is 13.2 Å². The minimum absolute atomic E-state index is 0.197. The summed E-state index contributed by atoms with van der Waals surface area (Å²) in [5, 5.41) is 0. The highest BCUT2D eigenvalue weighted by Gasteiger charge is 2.36. The SMILES string of the molecule is CCC(O[Si](C)(C)C)[n+]1ccccc1.O=S(=O)([O-])C(F)(F)F. The Morgan fingerprint density at radius 3 is 1.86 bits per heavy atom. The Bertz CT molecular complexity index is 544. The molecule has 1 rings (SSSR count). The Kier molecular flexibility index (Phi) is 7.69. The van der Waals surface area contributed by atoms with Crippen LogP contribution in [0, 0.1) is 0 Å². The van der Waals surface area contributed by atoms with Gasteiger partial charge in [-0.05, 0) is 19.6 Å². The second-order valence-electron chi connectivity index (χ2n) is 5.32. The van der Waals surface area contributed by atoms with E-state index in [-0.39, 0.29) is 6.23 Å². The van der Waals surface area contributed by atoms with Gasteiger partial charge in [-0.15, -0.1) is 0 Å². The van der Waals surface area contributed by atoms with E-state index in [2.05, 4.69) is 43.5 Å². The Hall–Kier alpha value is -0.973. The van der Waals surface area contributed by atoms with Crippen molar-refractivity contribution in [1.29, 1.82) is 0 Å². The van der Waals surface area contributed by atoms with Crippen molar-refractivity contribution in [2.24, 2.45) is 0 Å². The van der Waals surface area contributed by atoms with Crippen LogP contribution in [0.4, 0.5) is 13.2 Å². The number of hydrogen-bond donors (Lipinski definition) is 0. The predicted molar refractivity (Wildman–Crippen MR) is 76.1 cm³/mol. The van der Waals surface area contributed by atoms with E-state index in [1.807, 2.05) is 18.2 Å². The molecule has 0 aliphatic heterocycles. The summed E-state index contributed by atoms with van der Waals surface area (Å²) in [6, 6.07) is 6.10. The monoisotopic (exact) mass is 359 g/mol. The molecule has 0 fully saturated rings. The molecule has 0 spiro atoms. The minimum Gasteiger partial charge on any atom is -0.741 e. The van der Waals surface area contributed by atoms with Crippen molar-refractivity contribution in [2.45, 2.75) is 44.7 Å². The van der Waals surface area contributed by atoms with E-state index in [0.29, 0.717) is 0 Å². The van der Waals surface area contributed by atoms with E-state index < -0.39 is 23.9 Å². The van der Waals surface area contributed by atoms with Gasteiger partial charge in [-0.3, -0.25) is 0 Å². The Balaban J connectivity index is 0.000000472. The average molecular weight is 359 g/mol. The largest absolute Gasteiger partial charge is 0.741 e. The van der Waals surface area contributed by atoms with Gasteiger partial charge >= 0.3 is 5.51 Å². The molecule has 1 unspecified atom stereocenters. The Labute approximate surface area is 129 Å². The average Bonchev–Trinajstić information content (AvgIpc) is 2.34. The minimum atomic E-state index is -6.09. The number of alkyl halides is 3. The zero-order valence-electron chi connectivity index (χ0n) is 12.8. The first-order valence-electron chi connectivity index (χ1n) is 6.43. The molecule has 128 valence electrons. The van der Waals surface area contributed by atoms with Crippen LogP contribution in [0.15, 0.2) is 30.6 Å². The summed E-state index contributed by atoms with van der Waals surface area (Å²) < 4.78 is 67.1. The van der Waals surface area contributed by atoms with E-state index >= 15 is 0 Å². The fourth-order valence-corrected chi connectivity index (χ4v) is 2.47. The molecule has 0 amide bonds. The molecule has 0 bridgehead atoms. The van der Waals surface area contributed by atoms with Crippen molar-refractivity contribution in [1.82, 2.24) is 0 Å². The summed E-state index contributed by atoms with van der Waals surface area (Å²) in [4.78, 5) is 0. The molecule has 5 nitrogen and oxygen atoms in total. The van der Waals surface area contributed by atoms with Crippen LogP contribution < -0.4 is 4.57 Å². The van der Waals surface area contributed by atoms with Crippen LogP contribution in [0.25, 0.3) is 0 Å². The highest BCUT2D eigenvalue weighted by atomic mass is 32.2. The van der Waals surface area contributed by atoms with Gasteiger partial charge in [-0.25, -0.2) is 8.42 Å². The molecule has 0 radical (unpaired) electrons. The van der Waals surface area contributed by atoms with E-state index in [1.54, 1.807) is 0 Å². The molecule has 0 saturated heterocycles. The molecule has 0 N–H and O–H groups in total. The standard InChI is InChI=1S/C11H20NOSi.CHF3O3S/c1-5-11(13-14(2,3)4)12-9-7-6-8-10-12;2-1(3,4)8(5,6)7/h6-11H,5H2,1-4H3;(H,5,6,7)/q+1;/p-1. The second kappa shape index (κ2) is 8.04. The molecule has 1 heterocycles. The highest BCUT2D eigenvalue weighted by Crippen LogP contribution is 2.20. The first kappa shape index (κ1) is 21.0. The van der Waals surface area contributed by atoms with Crippen LogP contribution in [0.2, 0.25) is 19.6 Å². The molecule has 0 aliphatic rings. The molecule has 1 aromatic heterocycles.